The van der Waals surface area contributed by atoms with E-state index in [1.807, 2.05) is 0 Å². The van der Waals surface area contributed by atoms with Gasteiger partial charge in [0.05, 0.1) is 5.41 Å². The van der Waals surface area contributed by atoms with Gasteiger partial charge in [0, 0.05) is 12.6 Å². The summed E-state index contributed by atoms with van der Waals surface area (Å²) in [6, 6.07) is 0.446. The zero-order chi connectivity index (χ0) is 11.1. The van der Waals surface area contributed by atoms with Gasteiger partial charge in [-0.2, -0.15) is 0 Å². The van der Waals surface area contributed by atoms with E-state index in [2.05, 4.69) is 19.2 Å². The van der Waals surface area contributed by atoms with Crippen LogP contribution in [0, 0.1) is 17.3 Å². The number of hydrogen-bond donors (Lipinski definition) is 2. The summed E-state index contributed by atoms with van der Waals surface area (Å²) < 4.78 is 0. The van der Waals surface area contributed by atoms with Crippen molar-refractivity contribution in [1.29, 1.82) is 0 Å². The second kappa shape index (κ2) is 3.78. The fourth-order valence-electron chi connectivity index (χ4n) is 2.92. The molecule has 2 aliphatic carbocycles. The summed E-state index contributed by atoms with van der Waals surface area (Å²) in [6.07, 6.45) is 4.28. The Labute approximate surface area is 91.8 Å². The van der Waals surface area contributed by atoms with Crippen LogP contribution in [0.5, 0.6) is 0 Å². The molecular weight excluding hydrogens is 188 g/mol. The number of rotatable bonds is 4. The molecule has 0 bridgehead atoms. The second-order valence-corrected chi connectivity index (χ2v) is 5.48. The van der Waals surface area contributed by atoms with Crippen LogP contribution in [0.1, 0.15) is 39.5 Å². The van der Waals surface area contributed by atoms with E-state index in [-0.39, 0.29) is 11.3 Å². The molecule has 0 aliphatic heterocycles. The summed E-state index contributed by atoms with van der Waals surface area (Å²) in [4.78, 5) is 12.0. The van der Waals surface area contributed by atoms with E-state index in [1.165, 1.54) is 12.8 Å². The number of amides is 1. The van der Waals surface area contributed by atoms with Crippen LogP contribution in [0.15, 0.2) is 0 Å². The molecule has 1 amide bonds. The highest BCUT2D eigenvalue weighted by atomic mass is 16.2. The van der Waals surface area contributed by atoms with Crippen LogP contribution in [0.3, 0.4) is 0 Å². The third-order valence-electron chi connectivity index (χ3n) is 4.11. The van der Waals surface area contributed by atoms with E-state index in [4.69, 9.17) is 5.73 Å². The van der Waals surface area contributed by atoms with E-state index in [9.17, 15) is 4.79 Å². The molecule has 0 aromatic carbocycles. The topological polar surface area (TPSA) is 55.1 Å². The van der Waals surface area contributed by atoms with Crippen LogP contribution in [0.25, 0.3) is 0 Å². The predicted octanol–water partition coefficient (Wildman–Crippen LogP) is 1.28. The molecule has 86 valence electrons. The lowest BCUT2D eigenvalue weighted by Gasteiger charge is -2.44. The standard InChI is InChI=1S/C12H22N2O/c1-3-9-4-10(9)14-11(15)12(7-13)5-8(2)6-12/h8-10H,3-7,13H2,1-2H3,(H,14,15). The van der Waals surface area contributed by atoms with Crippen LogP contribution < -0.4 is 11.1 Å². The minimum Gasteiger partial charge on any atom is -0.353 e. The Kier molecular flexibility index (Phi) is 2.75. The molecule has 0 radical (unpaired) electrons. The molecule has 2 unspecified atom stereocenters. The monoisotopic (exact) mass is 210 g/mol. The molecule has 0 aromatic heterocycles. The number of nitrogens with one attached hydrogen (secondary N) is 1. The second-order valence-electron chi connectivity index (χ2n) is 5.48. The normalized spacial score (nSPS) is 43.3. The number of nitrogens with two attached hydrogens (primary N) is 1. The van der Waals surface area contributed by atoms with E-state index in [0.29, 0.717) is 18.5 Å². The van der Waals surface area contributed by atoms with Crippen molar-refractivity contribution in [3.8, 4) is 0 Å². The molecule has 2 atom stereocenters. The molecule has 0 heterocycles. The van der Waals surface area contributed by atoms with Crippen LogP contribution in [0.4, 0.5) is 0 Å². The maximum absolute atomic E-state index is 12.0. The highest BCUT2D eigenvalue weighted by Gasteiger charge is 2.49. The average Bonchev–Trinajstić information content (AvgIpc) is 2.91. The lowest BCUT2D eigenvalue weighted by molar-refractivity contribution is -0.138. The van der Waals surface area contributed by atoms with Gasteiger partial charge < -0.3 is 11.1 Å². The lowest BCUT2D eigenvalue weighted by Crippen LogP contribution is -2.54. The van der Waals surface area contributed by atoms with E-state index >= 15 is 0 Å². The summed E-state index contributed by atoms with van der Waals surface area (Å²) in [5.41, 5.74) is 5.51. The first kappa shape index (κ1) is 10.9. The van der Waals surface area contributed by atoms with Crippen LogP contribution in [-0.4, -0.2) is 18.5 Å². The Balaban J connectivity index is 1.85. The molecule has 3 N–H and O–H groups in total. The summed E-state index contributed by atoms with van der Waals surface area (Å²) in [5.74, 6) is 1.60. The van der Waals surface area contributed by atoms with Gasteiger partial charge in [-0.1, -0.05) is 20.3 Å². The smallest absolute Gasteiger partial charge is 0.227 e. The third-order valence-corrected chi connectivity index (χ3v) is 4.11. The maximum atomic E-state index is 12.0. The van der Waals surface area contributed by atoms with E-state index in [1.54, 1.807) is 0 Å². The van der Waals surface area contributed by atoms with Crippen molar-refractivity contribution in [3.05, 3.63) is 0 Å². The maximum Gasteiger partial charge on any atom is 0.227 e. The Bertz CT molecular complexity index is 258. The molecule has 2 fully saturated rings. The largest absolute Gasteiger partial charge is 0.353 e. The van der Waals surface area contributed by atoms with Gasteiger partial charge in [0.25, 0.3) is 0 Å². The number of hydrogen-bond acceptors (Lipinski definition) is 2. The molecule has 3 heteroatoms. The minimum atomic E-state index is -0.222. The highest BCUT2D eigenvalue weighted by molar-refractivity contribution is 5.84. The molecule has 2 aliphatic rings. The SMILES string of the molecule is CCC1CC1NC(=O)C1(CN)CC(C)C1. The molecule has 0 aromatic rings. The third kappa shape index (κ3) is 1.89. The van der Waals surface area contributed by atoms with Gasteiger partial charge in [-0.3, -0.25) is 4.79 Å². The van der Waals surface area contributed by atoms with Crippen molar-refractivity contribution in [1.82, 2.24) is 5.32 Å². The molecule has 15 heavy (non-hydrogen) atoms. The summed E-state index contributed by atoms with van der Waals surface area (Å²) in [5, 5.41) is 3.15. The number of carbonyl (C=O) groups is 1. The van der Waals surface area contributed by atoms with Gasteiger partial charge in [0.2, 0.25) is 5.91 Å². The van der Waals surface area contributed by atoms with Crippen molar-refractivity contribution in [2.24, 2.45) is 23.0 Å². The Morgan fingerprint density at radius 1 is 1.53 bits per heavy atom. The van der Waals surface area contributed by atoms with Crippen LogP contribution >= 0.6 is 0 Å². The summed E-state index contributed by atoms with van der Waals surface area (Å²) >= 11 is 0. The molecule has 0 spiro atoms. The van der Waals surface area contributed by atoms with Crippen molar-refractivity contribution in [3.63, 3.8) is 0 Å². The Morgan fingerprint density at radius 3 is 2.60 bits per heavy atom. The zero-order valence-corrected chi connectivity index (χ0v) is 9.75. The van der Waals surface area contributed by atoms with Gasteiger partial charge >= 0.3 is 0 Å². The van der Waals surface area contributed by atoms with Crippen molar-refractivity contribution >= 4 is 5.91 Å². The summed E-state index contributed by atoms with van der Waals surface area (Å²) in [6.45, 7) is 4.88. The molecule has 3 nitrogen and oxygen atoms in total. The molecule has 0 saturated heterocycles. The van der Waals surface area contributed by atoms with Gasteiger partial charge in [-0.25, -0.2) is 0 Å². The fraction of sp³-hybridized carbons (Fsp3) is 0.917. The molecular formula is C12H22N2O. The highest BCUT2D eigenvalue weighted by Crippen LogP contribution is 2.45. The Morgan fingerprint density at radius 2 is 2.20 bits per heavy atom. The Hall–Kier alpha value is -0.570. The van der Waals surface area contributed by atoms with E-state index in [0.717, 1.165) is 18.8 Å². The van der Waals surface area contributed by atoms with Gasteiger partial charge in [-0.05, 0) is 31.1 Å². The molecule has 2 saturated carbocycles. The molecule has 2 rings (SSSR count). The van der Waals surface area contributed by atoms with Crippen molar-refractivity contribution < 1.29 is 4.79 Å². The van der Waals surface area contributed by atoms with Crippen LogP contribution in [0.2, 0.25) is 0 Å². The summed E-state index contributed by atoms with van der Waals surface area (Å²) in [7, 11) is 0. The van der Waals surface area contributed by atoms with Gasteiger partial charge in [0.15, 0.2) is 0 Å². The van der Waals surface area contributed by atoms with Crippen LogP contribution in [-0.2, 0) is 4.79 Å². The van der Waals surface area contributed by atoms with Crippen molar-refractivity contribution in [2.75, 3.05) is 6.54 Å². The lowest BCUT2D eigenvalue weighted by atomic mass is 9.62. The fourth-order valence-corrected chi connectivity index (χ4v) is 2.92. The first-order chi connectivity index (χ1) is 7.11. The first-order valence-electron chi connectivity index (χ1n) is 6.12. The first-order valence-corrected chi connectivity index (χ1v) is 6.12. The number of carbonyl (C=O) groups excluding carboxylic acids is 1. The quantitative estimate of drug-likeness (QED) is 0.734. The predicted molar refractivity (Wildman–Crippen MR) is 60.2 cm³/mol. The minimum absolute atomic E-state index is 0.212. The van der Waals surface area contributed by atoms with Crippen molar-refractivity contribution in [2.45, 2.75) is 45.6 Å². The van der Waals surface area contributed by atoms with Gasteiger partial charge in [-0.15, -0.1) is 0 Å². The average molecular weight is 210 g/mol. The zero-order valence-electron chi connectivity index (χ0n) is 9.75. The van der Waals surface area contributed by atoms with Gasteiger partial charge in [0.1, 0.15) is 0 Å². The van der Waals surface area contributed by atoms with E-state index < -0.39 is 0 Å².